The molecule has 1 N–H and O–H groups in total. The molecule has 0 aromatic heterocycles. The first-order valence-electron chi connectivity index (χ1n) is 3.06. The Hall–Kier alpha value is -1.49. The number of ketones is 2. The summed E-state index contributed by atoms with van der Waals surface area (Å²) in [6.45, 7) is -0.690. The summed E-state index contributed by atoms with van der Waals surface area (Å²) in [5.74, 6) is -2.62. The number of aliphatic hydroxyl groups excluding tert-OH is 1. The van der Waals surface area contributed by atoms with E-state index in [-0.39, 0.29) is 0 Å². The third-order valence-corrected chi connectivity index (χ3v) is 0.963. The molecule has 0 spiro atoms. The van der Waals surface area contributed by atoms with Gasteiger partial charge in [-0.2, -0.15) is 0 Å². The van der Waals surface area contributed by atoms with Gasteiger partial charge in [-0.1, -0.05) is 0 Å². The molecular weight excluding hydrogens is 164 g/mol. The van der Waals surface area contributed by atoms with E-state index in [0.29, 0.717) is 0 Å². The molecule has 5 heteroatoms. The molecule has 0 bridgehead atoms. The van der Waals surface area contributed by atoms with Crippen LogP contribution in [0.25, 0.3) is 0 Å². The second-order valence-electron chi connectivity index (χ2n) is 1.81. The largest absolute Gasteiger partial charge is 0.463 e. The van der Waals surface area contributed by atoms with E-state index in [0.717, 1.165) is 19.3 Å². The normalized spacial score (nSPS) is 9.83. The van der Waals surface area contributed by atoms with E-state index in [1.165, 1.54) is 0 Å². The van der Waals surface area contributed by atoms with Gasteiger partial charge in [0.2, 0.25) is 0 Å². The quantitative estimate of drug-likeness (QED) is 0.329. The number of carbonyl (C=O) groups is 3. The van der Waals surface area contributed by atoms with E-state index < -0.39 is 24.1 Å². The average molecular weight is 172 g/mol. The van der Waals surface area contributed by atoms with Crippen molar-refractivity contribution in [2.45, 2.75) is 0 Å². The van der Waals surface area contributed by atoms with Gasteiger partial charge in [-0.25, -0.2) is 4.79 Å². The minimum absolute atomic E-state index is 0.646. The zero-order valence-electron chi connectivity index (χ0n) is 6.44. The van der Waals surface area contributed by atoms with Crippen molar-refractivity contribution in [3.63, 3.8) is 0 Å². The maximum absolute atomic E-state index is 10.6. The number of methoxy groups -OCH3 is 1. The summed E-state index contributed by atoms with van der Waals surface area (Å²) in [5, 5.41) is 8.22. The van der Waals surface area contributed by atoms with E-state index in [9.17, 15) is 14.4 Å². The van der Waals surface area contributed by atoms with E-state index in [2.05, 4.69) is 4.74 Å². The molecular formula is C7H8O5. The Labute approximate surface area is 68.6 Å². The third-order valence-electron chi connectivity index (χ3n) is 0.963. The summed E-state index contributed by atoms with van der Waals surface area (Å²) in [6, 6.07) is 0. The van der Waals surface area contributed by atoms with Gasteiger partial charge in [0.15, 0.2) is 5.78 Å². The summed E-state index contributed by atoms with van der Waals surface area (Å²) in [6.07, 6.45) is 1.57. The van der Waals surface area contributed by atoms with Gasteiger partial charge in [-0.3, -0.25) is 9.59 Å². The Bertz CT molecular complexity index is 228. The first-order valence-corrected chi connectivity index (χ1v) is 3.06. The lowest BCUT2D eigenvalue weighted by Gasteiger charge is -1.90. The van der Waals surface area contributed by atoms with Crippen molar-refractivity contribution in [3.05, 3.63) is 12.2 Å². The molecule has 0 aromatic carbocycles. The summed E-state index contributed by atoms with van der Waals surface area (Å²) in [7, 11) is 1.06. The van der Waals surface area contributed by atoms with Crippen LogP contribution < -0.4 is 0 Å². The van der Waals surface area contributed by atoms with Gasteiger partial charge in [-0.05, 0) is 12.2 Å². The molecule has 0 aliphatic heterocycles. The van der Waals surface area contributed by atoms with Crippen LogP contribution in [0.2, 0.25) is 0 Å². The van der Waals surface area contributed by atoms with E-state index in [4.69, 9.17) is 5.11 Å². The molecule has 0 radical (unpaired) electrons. The number of ether oxygens (including phenoxy) is 1. The first kappa shape index (κ1) is 10.5. The van der Waals surface area contributed by atoms with E-state index in [1.807, 2.05) is 0 Å². The zero-order valence-corrected chi connectivity index (χ0v) is 6.44. The maximum Gasteiger partial charge on any atom is 0.378 e. The zero-order chi connectivity index (χ0) is 9.56. The van der Waals surface area contributed by atoms with Gasteiger partial charge in [-0.15, -0.1) is 0 Å². The third kappa shape index (κ3) is 3.62. The Morgan fingerprint density at radius 3 is 2.33 bits per heavy atom. The number of aliphatic hydroxyl groups is 1. The molecule has 0 aliphatic rings. The fourth-order valence-electron chi connectivity index (χ4n) is 0.390. The topological polar surface area (TPSA) is 80.7 Å². The van der Waals surface area contributed by atoms with Crippen molar-refractivity contribution in [1.82, 2.24) is 0 Å². The second-order valence-corrected chi connectivity index (χ2v) is 1.81. The lowest BCUT2D eigenvalue weighted by atomic mass is 10.3. The highest BCUT2D eigenvalue weighted by Crippen LogP contribution is 1.82. The average Bonchev–Trinajstić information content (AvgIpc) is 2.11. The van der Waals surface area contributed by atoms with E-state index >= 15 is 0 Å². The van der Waals surface area contributed by atoms with Gasteiger partial charge in [0.25, 0.3) is 5.78 Å². The van der Waals surface area contributed by atoms with Crippen LogP contribution in [0, 0.1) is 0 Å². The molecule has 66 valence electrons. The van der Waals surface area contributed by atoms with Crippen LogP contribution in [-0.2, 0) is 19.1 Å². The number of carbonyl (C=O) groups excluding carboxylic acids is 3. The maximum atomic E-state index is 10.6. The van der Waals surface area contributed by atoms with Crippen molar-refractivity contribution < 1.29 is 24.2 Å². The van der Waals surface area contributed by atoms with Gasteiger partial charge < -0.3 is 9.84 Å². The van der Waals surface area contributed by atoms with Crippen LogP contribution in [0.15, 0.2) is 12.2 Å². The molecule has 0 saturated carbocycles. The number of hydrogen-bond acceptors (Lipinski definition) is 5. The van der Waals surface area contributed by atoms with Crippen molar-refractivity contribution in [3.8, 4) is 0 Å². The molecule has 0 saturated heterocycles. The Kier molecular flexibility index (Phi) is 4.55. The SMILES string of the molecule is COC(=O)C(=O)/C=C/C(=O)CO. The molecule has 0 heterocycles. The van der Waals surface area contributed by atoms with Crippen molar-refractivity contribution in [2.24, 2.45) is 0 Å². The minimum Gasteiger partial charge on any atom is -0.463 e. The highest BCUT2D eigenvalue weighted by Gasteiger charge is 2.09. The van der Waals surface area contributed by atoms with Gasteiger partial charge in [0.05, 0.1) is 7.11 Å². The highest BCUT2D eigenvalue weighted by molar-refractivity contribution is 6.38. The minimum atomic E-state index is -1.04. The second kappa shape index (κ2) is 5.20. The van der Waals surface area contributed by atoms with Crippen LogP contribution in [0.1, 0.15) is 0 Å². The van der Waals surface area contributed by atoms with Gasteiger partial charge in [0.1, 0.15) is 6.61 Å². The highest BCUT2D eigenvalue weighted by atomic mass is 16.5. The van der Waals surface area contributed by atoms with Gasteiger partial charge in [0, 0.05) is 0 Å². The van der Waals surface area contributed by atoms with Crippen molar-refractivity contribution >= 4 is 17.5 Å². The molecule has 0 fully saturated rings. The van der Waals surface area contributed by atoms with Gasteiger partial charge >= 0.3 is 5.97 Å². The van der Waals surface area contributed by atoms with Crippen LogP contribution in [0.3, 0.4) is 0 Å². The van der Waals surface area contributed by atoms with Crippen molar-refractivity contribution in [1.29, 1.82) is 0 Å². The number of hydrogen-bond donors (Lipinski definition) is 1. The van der Waals surface area contributed by atoms with Crippen LogP contribution >= 0.6 is 0 Å². The lowest BCUT2D eigenvalue weighted by molar-refractivity contribution is -0.149. The molecule has 0 atom stereocenters. The molecule has 12 heavy (non-hydrogen) atoms. The fourth-order valence-corrected chi connectivity index (χ4v) is 0.390. The monoisotopic (exact) mass is 172 g/mol. The predicted molar refractivity (Wildman–Crippen MR) is 38.3 cm³/mol. The molecule has 0 aromatic rings. The Morgan fingerprint density at radius 2 is 1.92 bits per heavy atom. The number of esters is 1. The molecule has 0 amide bonds. The number of rotatable bonds is 4. The molecule has 0 aliphatic carbocycles. The van der Waals surface area contributed by atoms with E-state index in [1.54, 1.807) is 0 Å². The first-order chi connectivity index (χ1) is 5.61. The summed E-state index contributed by atoms with van der Waals surface area (Å²) < 4.78 is 4.06. The predicted octanol–water partition coefficient (Wildman–Crippen LogP) is -1.15. The summed E-state index contributed by atoms with van der Waals surface area (Å²) >= 11 is 0. The van der Waals surface area contributed by atoms with Crippen LogP contribution in [0.4, 0.5) is 0 Å². The Morgan fingerprint density at radius 1 is 1.33 bits per heavy atom. The van der Waals surface area contributed by atoms with Crippen molar-refractivity contribution in [2.75, 3.05) is 13.7 Å². The smallest absolute Gasteiger partial charge is 0.378 e. The summed E-state index contributed by atoms with van der Waals surface area (Å²) in [4.78, 5) is 31.4. The molecule has 0 unspecified atom stereocenters. The van der Waals surface area contributed by atoms with Crippen LogP contribution in [0.5, 0.6) is 0 Å². The van der Waals surface area contributed by atoms with Crippen LogP contribution in [-0.4, -0.2) is 36.4 Å². The Balaban J connectivity index is 4.09. The molecule has 5 nitrogen and oxygen atoms in total. The molecule has 0 rings (SSSR count). The summed E-state index contributed by atoms with van der Waals surface area (Å²) in [5.41, 5.74) is 0. The lowest BCUT2D eigenvalue weighted by Crippen LogP contribution is -2.13. The standard InChI is InChI=1S/C7H8O5/c1-12-7(11)6(10)3-2-5(9)4-8/h2-3,8H,4H2,1H3/b3-2+. The fraction of sp³-hybridized carbons (Fsp3) is 0.286.